The summed E-state index contributed by atoms with van der Waals surface area (Å²) in [5.41, 5.74) is 0. The Bertz CT molecular complexity index is 171. The summed E-state index contributed by atoms with van der Waals surface area (Å²) >= 11 is 0. The van der Waals surface area contributed by atoms with Crippen molar-refractivity contribution in [1.29, 1.82) is 0 Å². The highest BCUT2D eigenvalue weighted by atomic mass is 16.3. The lowest BCUT2D eigenvalue weighted by Gasteiger charge is -2.08. The van der Waals surface area contributed by atoms with Crippen molar-refractivity contribution < 1.29 is 9.90 Å². The fourth-order valence-corrected chi connectivity index (χ4v) is 1.57. The summed E-state index contributed by atoms with van der Waals surface area (Å²) in [6.07, 6.45) is 7.20. The molecule has 16 heavy (non-hydrogen) atoms. The molecule has 0 radical (unpaired) electrons. The maximum atomic E-state index is 11.4. The molecule has 0 aromatic rings. The van der Waals surface area contributed by atoms with Crippen LogP contribution in [0.1, 0.15) is 58.8 Å². The second kappa shape index (κ2) is 10.9. The van der Waals surface area contributed by atoms with Crippen LogP contribution in [-0.4, -0.2) is 24.2 Å². The van der Waals surface area contributed by atoms with E-state index in [1.165, 1.54) is 12.8 Å². The highest BCUT2D eigenvalue weighted by Gasteiger charge is 2.02. The van der Waals surface area contributed by atoms with E-state index < -0.39 is 0 Å². The van der Waals surface area contributed by atoms with Crippen LogP contribution in [0, 0.1) is 5.92 Å². The summed E-state index contributed by atoms with van der Waals surface area (Å²) in [6.45, 7) is 5.18. The zero-order chi connectivity index (χ0) is 12.2. The molecule has 96 valence electrons. The van der Waals surface area contributed by atoms with Crippen molar-refractivity contribution in [2.24, 2.45) is 5.92 Å². The van der Waals surface area contributed by atoms with Gasteiger partial charge in [0.2, 0.25) is 5.91 Å². The van der Waals surface area contributed by atoms with E-state index in [4.69, 9.17) is 5.11 Å². The van der Waals surface area contributed by atoms with Gasteiger partial charge in [0.15, 0.2) is 0 Å². The van der Waals surface area contributed by atoms with Crippen LogP contribution in [0.3, 0.4) is 0 Å². The summed E-state index contributed by atoms with van der Waals surface area (Å²) < 4.78 is 0. The van der Waals surface area contributed by atoms with Gasteiger partial charge in [0.05, 0.1) is 0 Å². The average molecular weight is 229 g/mol. The van der Waals surface area contributed by atoms with Crippen molar-refractivity contribution >= 4 is 5.91 Å². The maximum absolute atomic E-state index is 11.4. The van der Waals surface area contributed by atoms with Crippen molar-refractivity contribution in [2.45, 2.75) is 58.8 Å². The Morgan fingerprint density at radius 3 is 2.62 bits per heavy atom. The summed E-state index contributed by atoms with van der Waals surface area (Å²) in [4.78, 5) is 11.4. The largest absolute Gasteiger partial charge is 0.396 e. The van der Waals surface area contributed by atoms with E-state index >= 15 is 0 Å². The highest BCUT2D eigenvalue weighted by molar-refractivity contribution is 5.75. The topological polar surface area (TPSA) is 49.3 Å². The Hall–Kier alpha value is -0.570. The molecule has 0 heterocycles. The predicted molar refractivity (Wildman–Crippen MR) is 67.3 cm³/mol. The number of carbonyl (C=O) groups is 1. The first-order chi connectivity index (χ1) is 7.70. The lowest BCUT2D eigenvalue weighted by molar-refractivity contribution is -0.121. The van der Waals surface area contributed by atoms with E-state index in [1.54, 1.807) is 0 Å². The lowest BCUT2D eigenvalue weighted by Crippen LogP contribution is -2.24. The van der Waals surface area contributed by atoms with Crippen LogP contribution in [0.25, 0.3) is 0 Å². The smallest absolute Gasteiger partial charge is 0.219 e. The minimum atomic E-state index is 0.174. The Morgan fingerprint density at radius 2 is 2.00 bits per heavy atom. The van der Waals surface area contributed by atoms with Gasteiger partial charge in [-0.05, 0) is 25.2 Å². The fraction of sp³-hybridized carbons (Fsp3) is 0.923. The number of unbranched alkanes of at least 4 members (excludes halogenated alkanes) is 3. The zero-order valence-electron chi connectivity index (χ0n) is 10.8. The standard InChI is InChI=1S/C13H27NO2/c1-3-4-5-6-9-13(16)14-10-7-8-12(2)11-15/h12,15H,3-11H2,1-2H3,(H,14,16). The Balaban J connectivity index is 3.24. The zero-order valence-corrected chi connectivity index (χ0v) is 10.8. The van der Waals surface area contributed by atoms with Gasteiger partial charge in [-0.1, -0.05) is 33.1 Å². The van der Waals surface area contributed by atoms with E-state index in [1.807, 2.05) is 6.92 Å². The molecule has 0 aromatic carbocycles. The van der Waals surface area contributed by atoms with Crippen LogP contribution < -0.4 is 5.32 Å². The van der Waals surface area contributed by atoms with E-state index in [9.17, 15) is 4.79 Å². The van der Waals surface area contributed by atoms with E-state index in [0.29, 0.717) is 12.3 Å². The number of rotatable bonds is 10. The maximum Gasteiger partial charge on any atom is 0.219 e. The first-order valence-corrected chi connectivity index (χ1v) is 6.58. The molecule has 0 saturated heterocycles. The minimum absolute atomic E-state index is 0.174. The van der Waals surface area contributed by atoms with Gasteiger partial charge < -0.3 is 10.4 Å². The van der Waals surface area contributed by atoms with Crippen molar-refractivity contribution in [3.63, 3.8) is 0 Å². The van der Waals surface area contributed by atoms with Gasteiger partial charge in [-0.3, -0.25) is 4.79 Å². The number of nitrogens with one attached hydrogen (secondary N) is 1. The molecule has 3 heteroatoms. The molecule has 0 fully saturated rings. The molecule has 0 aliphatic carbocycles. The monoisotopic (exact) mass is 229 g/mol. The second-order valence-corrected chi connectivity index (χ2v) is 4.59. The third kappa shape index (κ3) is 9.97. The summed E-state index contributed by atoms with van der Waals surface area (Å²) in [5, 5.41) is 11.7. The van der Waals surface area contributed by atoms with E-state index in [0.717, 1.165) is 32.2 Å². The number of hydrogen-bond donors (Lipinski definition) is 2. The number of aliphatic hydroxyl groups is 1. The first kappa shape index (κ1) is 15.4. The Morgan fingerprint density at radius 1 is 1.25 bits per heavy atom. The van der Waals surface area contributed by atoms with Gasteiger partial charge in [-0.2, -0.15) is 0 Å². The first-order valence-electron chi connectivity index (χ1n) is 6.58. The van der Waals surface area contributed by atoms with Crippen molar-refractivity contribution in [2.75, 3.05) is 13.2 Å². The molecule has 0 rings (SSSR count). The van der Waals surface area contributed by atoms with Crippen LogP contribution in [0.2, 0.25) is 0 Å². The van der Waals surface area contributed by atoms with E-state index in [-0.39, 0.29) is 12.5 Å². The van der Waals surface area contributed by atoms with Gasteiger partial charge >= 0.3 is 0 Å². The molecular weight excluding hydrogens is 202 g/mol. The molecule has 1 unspecified atom stereocenters. The van der Waals surface area contributed by atoms with Crippen molar-refractivity contribution in [3.8, 4) is 0 Å². The Labute approximate surface area is 99.6 Å². The fourth-order valence-electron chi connectivity index (χ4n) is 1.57. The molecule has 0 aliphatic heterocycles. The van der Waals surface area contributed by atoms with E-state index in [2.05, 4.69) is 12.2 Å². The molecule has 1 amide bonds. The lowest BCUT2D eigenvalue weighted by atomic mass is 10.1. The number of hydrogen-bond acceptors (Lipinski definition) is 2. The number of aliphatic hydroxyl groups excluding tert-OH is 1. The number of amides is 1. The molecule has 0 bridgehead atoms. The van der Waals surface area contributed by atoms with Gasteiger partial charge in [-0.25, -0.2) is 0 Å². The molecule has 2 N–H and O–H groups in total. The Kier molecular flexibility index (Phi) is 10.5. The van der Waals surface area contributed by atoms with Gasteiger partial charge in [0, 0.05) is 19.6 Å². The second-order valence-electron chi connectivity index (χ2n) is 4.59. The quantitative estimate of drug-likeness (QED) is 0.565. The van der Waals surface area contributed by atoms with Gasteiger partial charge in [0.1, 0.15) is 0 Å². The summed E-state index contributed by atoms with van der Waals surface area (Å²) in [7, 11) is 0. The van der Waals surface area contributed by atoms with Crippen LogP contribution in [0.5, 0.6) is 0 Å². The van der Waals surface area contributed by atoms with Crippen LogP contribution in [0.15, 0.2) is 0 Å². The van der Waals surface area contributed by atoms with Crippen molar-refractivity contribution in [3.05, 3.63) is 0 Å². The van der Waals surface area contributed by atoms with Crippen LogP contribution >= 0.6 is 0 Å². The molecule has 1 atom stereocenters. The van der Waals surface area contributed by atoms with Crippen LogP contribution in [-0.2, 0) is 4.79 Å². The van der Waals surface area contributed by atoms with Gasteiger partial charge in [0.25, 0.3) is 0 Å². The highest BCUT2D eigenvalue weighted by Crippen LogP contribution is 2.04. The molecule has 0 saturated carbocycles. The SMILES string of the molecule is CCCCCCC(=O)NCCCC(C)CO. The molecule has 0 spiro atoms. The normalized spacial score (nSPS) is 12.4. The summed E-state index contributed by atoms with van der Waals surface area (Å²) in [6, 6.07) is 0. The third-order valence-electron chi connectivity index (χ3n) is 2.76. The van der Waals surface area contributed by atoms with Crippen LogP contribution in [0.4, 0.5) is 0 Å². The third-order valence-corrected chi connectivity index (χ3v) is 2.76. The molecule has 0 aromatic heterocycles. The number of carbonyl (C=O) groups excluding carboxylic acids is 1. The molecule has 3 nitrogen and oxygen atoms in total. The predicted octanol–water partition coefficient (Wildman–Crippen LogP) is 2.48. The average Bonchev–Trinajstić information content (AvgIpc) is 2.30. The summed E-state index contributed by atoms with van der Waals surface area (Å²) in [5.74, 6) is 0.522. The molecular formula is C13H27NO2. The minimum Gasteiger partial charge on any atom is -0.396 e. The molecule has 0 aliphatic rings. The van der Waals surface area contributed by atoms with Crippen molar-refractivity contribution in [1.82, 2.24) is 5.32 Å². The van der Waals surface area contributed by atoms with Gasteiger partial charge in [-0.15, -0.1) is 0 Å².